The lowest BCUT2D eigenvalue weighted by Crippen LogP contribution is -2.27. The lowest BCUT2D eigenvalue weighted by molar-refractivity contribution is -0.139. The average molecular weight is 517 g/mol. The van der Waals surface area contributed by atoms with Gasteiger partial charge in [0.2, 0.25) is 0 Å². The van der Waals surface area contributed by atoms with Gasteiger partial charge in [-0.15, -0.1) is 0 Å². The van der Waals surface area contributed by atoms with Crippen molar-refractivity contribution in [1.29, 1.82) is 0 Å². The predicted octanol–water partition coefficient (Wildman–Crippen LogP) is 5.46. The number of nitrogens with zero attached hydrogens (tertiary/aromatic N) is 1. The molecule has 29 heavy (non-hydrogen) atoms. The Morgan fingerprint density at radius 3 is 2.66 bits per heavy atom. The molecule has 1 saturated heterocycles. The van der Waals surface area contributed by atoms with E-state index in [-0.39, 0.29) is 17.2 Å². The number of carbonyl (C=O) groups excluding carboxylic acids is 2. The highest BCUT2D eigenvalue weighted by molar-refractivity contribution is 9.10. The summed E-state index contributed by atoms with van der Waals surface area (Å²) in [6.45, 7) is -0.516. The van der Waals surface area contributed by atoms with Crippen LogP contribution in [0.25, 0.3) is 6.08 Å². The van der Waals surface area contributed by atoms with E-state index >= 15 is 0 Å². The molecule has 2 aromatic rings. The van der Waals surface area contributed by atoms with Crippen LogP contribution in [0.5, 0.6) is 5.75 Å². The van der Waals surface area contributed by atoms with E-state index in [0.29, 0.717) is 25.6 Å². The number of hydrogen-bond acceptors (Lipinski definition) is 5. The molecule has 150 valence electrons. The fraction of sp³-hybridized carbons (Fsp3) is 0.105. The summed E-state index contributed by atoms with van der Waals surface area (Å²) in [4.78, 5) is 37.2. The molecule has 1 fully saturated rings. The highest BCUT2D eigenvalue weighted by atomic mass is 79.9. The first-order valence-electron chi connectivity index (χ1n) is 8.08. The van der Waals surface area contributed by atoms with Crippen LogP contribution in [0.15, 0.2) is 45.8 Å². The van der Waals surface area contributed by atoms with Crippen LogP contribution in [-0.2, 0) is 16.1 Å². The number of imide groups is 1. The Morgan fingerprint density at radius 2 is 1.97 bits per heavy atom. The van der Waals surface area contributed by atoms with Gasteiger partial charge in [0.05, 0.1) is 11.4 Å². The number of halogens is 3. The Hall–Kier alpha value is -2.00. The lowest BCUT2D eigenvalue weighted by Gasteiger charge is -2.13. The smallest absolute Gasteiger partial charge is 0.341 e. The number of amides is 2. The predicted molar refractivity (Wildman–Crippen MR) is 115 cm³/mol. The maximum absolute atomic E-state index is 12.8. The molecular weight excluding hydrogens is 505 g/mol. The quantitative estimate of drug-likeness (QED) is 0.513. The van der Waals surface area contributed by atoms with Crippen molar-refractivity contribution in [1.82, 2.24) is 4.90 Å². The molecule has 10 heteroatoms. The van der Waals surface area contributed by atoms with Crippen molar-refractivity contribution in [3.63, 3.8) is 0 Å². The minimum absolute atomic E-state index is 0.0128. The van der Waals surface area contributed by atoms with E-state index in [1.54, 1.807) is 36.4 Å². The summed E-state index contributed by atoms with van der Waals surface area (Å²) in [5, 5.41) is 9.20. The van der Waals surface area contributed by atoms with Crippen LogP contribution < -0.4 is 4.74 Å². The van der Waals surface area contributed by atoms with Crippen molar-refractivity contribution < 1.29 is 24.2 Å². The number of rotatable bonds is 6. The lowest BCUT2D eigenvalue weighted by atomic mass is 10.1. The van der Waals surface area contributed by atoms with E-state index in [1.807, 2.05) is 0 Å². The van der Waals surface area contributed by atoms with Crippen LogP contribution >= 0.6 is 50.9 Å². The van der Waals surface area contributed by atoms with Crippen molar-refractivity contribution in [3.05, 3.63) is 66.9 Å². The largest absolute Gasteiger partial charge is 0.481 e. The summed E-state index contributed by atoms with van der Waals surface area (Å²) in [6.07, 6.45) is 1.50. The van der Waals surface area contributed by atoms with E-state index in [2.05, 4.69) is 15.9 Å². The number of carboxylic acids is 1. The number of carbonyl (C=O) groups is 3. The molecule has 6 nitrogen and oxygen atoms in total. The fourth-order valence-corrected chi connectivity index (χ4v) is 4.18. The average Bonchev–Trinajstić information content (AvgIpc) is 2.90. The maximum Gasteiger partial charge on any atom is 0.341 e. The van der Waals surface area contributed by atoms with Crippen LogP contribution in [0.3, 0.4) is 0 Å². The Kier molecular flexibility index (Phi) is 6.89. The molecule has 2 amide bonds. The molecule has 3 rings (SSSR count). The van der Waals surface area contributed by atoms with Gasteiger partial charge >= 0.3 is 5.97 Å². The highest BCUT2D eigenvalue weighted by Crippen LogP contribution is 2.36. The van der Waals surface area contributed by atoms with Crippen molar-refractivity contribution >= 4 is 74.1 Å². The standard InChI is InChI=1S/C19H12BrCl2NO5S/c20-12-2-4-15(28-9-17(24)25)11(5-12)6-16-18(26)23(19(27)29-16)8-10-1-3-13(21)7-14(10)22/h1-7H,8-9H2,(H,24,25)/b16-6+. The molecule has 1 aliphatic rings. The monoisotopic (exact) mass is 515 g/mol. The normalized spacial score (nSPS) is 15.3. The first kappa shape index (κ1) is 21.7. The Morgan fingerprint density at radius 1 is 1.21 bits per heavy atom. The maximum atomic E-state index is 12.8. The van der Waals surface area contributed by atoms with Crippen LogP contribution in [0.1, 0.15) is 11.1 Å². The first-order chi connectivity index (χ1) is 13.7. The van der Waals surface area contributed by atoms with E-state index < -0.39 is 23.7 Å². The van der Waals surface area contributed by atoms with Gasteiger partial charge in [0.1, 0.15) is 5.75 Å². The number of carboxylic acid groups (broad SMARTS) is 1. The molecule has 0 unspecified atom stereocenters. The van der Waals surface area contributed by atoms with Gasteiger partial charge in [0, 0.05) is 20.1 Å². The van der Waals surface area contributed by atoms with Gasteiger partial charge in [-0.3, -0.25) is 14.5 Å². The molecule has 1 heterocycles. The van der Waals surface area contributed by atoms with Gasteiger partial charge in [0.15, 0.2) is 6.61 Å². The number of thioether (sulfide) groups is 1. The number of aliphatic carboxylic acids is 1. The van der Waals surface area contributed by atoms with Crippen LogP contribution in [0, 0.1) is 0 Å². The van der Waals surface area contributed by atoms with Crippen LogP contribution in [0.4, 0.5) is 4.79 Å². The second-order valence-corrected chi connectivity index (χ2v) is 8.62. The summed E-state index contributed by atoms with van der Waals surface area (Å²) >= 11 is 16.1. The third-order valence-electron chi connectivity index (χ3n) is 3.83. The summed E-state index contributed by atoms with van der Waals surface area (Å²) < 4.78 is 5.97. The van der Waals surface area contributed by atoms with E-state index in [1.165, 1.54) is 6.08 Å². The molecule has 1 N–H and O–H groups in total. The van der Waals surface area contributed by atoms with E-state index in [9.17, 15) is 14.4 Å². The second-order valence-electron chi connectivity index (χ2n) is 5.87. The first-order valence-corrected chi connectivity index (χ1v) is 10.4. The van der Waals surface area contributed by atoms with Gasteiger partial charge < -0.3 is 9.84 Å². The fourth-order valence-electron chi connectivity index (χ4n) is 2.50. The van der Waals surface area contributed by atoms with Crippen molar-refractivity contribution in [3.8, 4) is 5.75 Å². The Labute approximate surface area is 188 Å². The van der Waals surface area contributed by atoms with Crippen molar-refractivity contribution in [2.24, 2.45) is 0 Å². The molecule has 0 spiro atoms. The third kappa shape index (κ3) is 5.33. The minimum atomic E-state index is -1.13. The minimum Gasteiger partial charge on any atom is -0.481 e. The van der Waals surface area contributed by atoms with Crippen LogP contribution in [0.2, 0.25) is 10.0 Å². The summed E-state index contributed by atoms with van der Waals surface area (Å²) in [7, 11) is 0. The number of hydrogen-bond donors (Lipinski definition) is 1. The molecule has 2 aromatic carbocycles. The molecule has 1 aliphatic heterocycles. The zero-order valence-corrected chi connectivity index (χ0v) is 18.4. The molecule has 0 saturated carbocycles. The molecule has 0 bridgehead atoms. The molecule has 0 aromatic heterocycles. The van der Waals surface area contributed by atoms with Gasteiger partial charge in [-0.1, -0.05) is 45.2 Å². The molecule has 0 atom stereocenters. The molecule has 0 aliphatic carbocycles. The zero-order chi connectivity index (χ0) is 21.1. The summed E-state index contributed by atoms with van der Waals surface area (Å²) in [5.41, 5.74) is 1.06. The molecular formula is C19H12BrCl2NO5S. The second kappa shape index (κ2) is 9.21. The van der Waals surface area contributed by atoms with Gasteiger partial charge in [-0.2, -0.15) is 0 Å². The molecule has 0 radical (unpaired) electrons. The van der Waals surface area contributed by atoms with Gasteiger partial charge in [0.25, 0.3) is 11.1 Å². The van der Waals surface area contributed by atoms with Crippen molar-refractivity contribution in [2.45, 2.75) is 6.54 Å². The highest BCUT2D eigenvalue weighted by Gasteiger charge is 2.35. The summed E-state index contributed by atoms with van der Waals surface area (Å²) in [6, 6.07) is 9.76. The Bertz CT molecular complexity index is 1040. The van der Waals surface area contributed by atoms with E-state index in [4.69, 9.17) is 33.0 Å². The summed E-state index contributed by atoms with van der Waals surface area (Å²) in [5.74, 6) is -1.32. The SMILES string of the molecule is O=C(O)COc1ccc(Br)cc1/C=C1/SC(=O)N(Cc2ccc(Cl)cc2Cl)C1=O. The Balaban J connectivity index is 1.86. The van der Waals surface area contributed by atoms with Crippen LogP contribution in [-0.4, -0.2) is 33.7 Å². The van der Waals surface area contributed by atoms with E-state index in [0.717, 1.165) is 16.7 Å². The van der Waals surface area contributed by atoms with Gasteiger partial charge in [-0.05, 0) is 53.7 Å². The van der Waals surface area contributed by atoms with Crippen molar-refractivity contribution in [2.75, 3.05) is 6.61 Å². The topological polar surface area (TPSA) is 83.9 Å². The van der Waals surface area contributed by atoms with Gasteiger partial charge in [-0.25, -0.2) is 4.79 Å². The zero-order valence-electron chi connectivity index (χ0n) is 14.5. The number of ether oxygens (including phenoxy) is 1. The number of benzene rings is 2. The third-order valence-corrected chi connectivity index (χ3v) is 5.81.